The molecule has 355 valence electrons. The van der Waals surface area contributed by atoms with Crippen molar-refractivity contribution < 1.29 is 70.5 Å². The van der Waals surface area contributed by atoms with E-state index in [-0.39, 0.29) is 60.1 Å². The minimum Gasteiger partial charge on any atom is -0.550 e. The van der Waals surface area contributed by atoms with Gasteiger partial charge < -0.3 is 29.7 Å². The molecule has 7 heteroatoms. The van der Waals surface area contributed by atoms with Gasteiger partial charge in [-0.15, -0.1) is 0 Å². The van der Waals surface area contributed by atoms with Gasteiger partial charge >= 0.3 is 40.8 Å². The molecule has 0 aliphatic carbocycles. The van der Waals surface area contributed by atoms with Crippen LogP contribution in [-0.2, 0) is 14.4 Å². The Morgan fingerprint density at radius 3 is 0.574 bits per heavy atom. The molecule has 0 bridgehead atoms. The number of hydrogen-bond acceptors (Lipinski definition) is 6. The van der Waals surface area contributed by atoms with Gasteiger partial charge in [-0.2, -0.15) is 0 Å². The molecule has 0 aromatic heterocycles. The molecular weight excluding hydrogens is 889 g/mol. The molecule has 0 unspecified atom stereocenters. The number of aliphatic carboxylic acids is 3. The number of carboxylic acid groups (broad SMARTS) is 3. The molecule has 0 aromatic rings. The third kappa shape index (κ3) is 76.7. The van der Waals surface area contributed by atoms with E-state index in [2.05, 4.69) is 57.2 Å². The molecule has 0 aliphatic rings. The number of carboxylic acids is 3. The topological polar surface area (TPSA) is 120 Å². The fraction of sp³-hybridized carbons (Fsp3) is 0.833. The van der Waals surface area contributed by atoms with Crippen LogP contribution in [0.25, 0.3) is 0 Å². The molecule has 0 aliphatic heterocycles. The van der Waals surface area contributed by atoms with Crippen molar-refractivity contribution in [3.8, 4) is 0 Å². The Kier molecular flexibility index (Phi) is 69.1. The number of rotatable bonds is 45. The third-order valence-electron chi connectivity index (χ3n) is 10.9. The van der Waals surface area contributed by atoms with Crippen LogP contribution in [0.1, 0.15) is 290 Å². The Morgan fingerprint density at radius 1 is 0.262 bits per heavy atom. The fourth-order valence-electron chi connectivity index (χ4n) is 7.02. The van der Waals surface area contributed by atoms with Crippen LogP contribution in [0.5, 0.6) is 0 Å². The van der Waals surface area contributed by atoms with Crippen LogP contribution >= 0.6 is 0 Å². The van der Waals surface area contributed by atoms with Crippen molar-refractivity contribution in [2.45, 2.75) is 290 Å². The Hall–Kier alpha value is -1.02. The smallest absolute Gasteiger partial charge is 0.550 e. The average molecular weight is 989 g/mol. The first-order valence-corrected chi connectivity index (χ1v) is 25.9. The van der Waals surface area contributed by atoms with E-state index in [0.29, 0.717) is 0 Å². The van der Waals surface area contributed by atoms with Gasteiger partial charge in [0, 0.05) is 17.9 Å². The number of carbonyl (C=O) groups is 3. The van der Waals surface area contributed by atoms with Gasteiger partial charge in [0.05, 0.1) is 0 Å². The summed E-state index contributed by atoms with van der Waals surface area (Å²) in [6, 6.07) is 0. The van der Waals surface area contributed by atoms with E-state index in [1.807, 2.05) is 0 Å². The Labute approximate surface area is 412 Å². The Morgan fingerprint density at radius 2 is 0.410 bits per heavy atom. The second kappa shape index (κ2) is 63.3. The molecule has 0 rings (SSSR count). The summed E-state index contributed by atoms with van der Waals surface area (Å²) in [6.07, 6.45) is 62.7. The van der Waals surface area contributed by atoms with Gasteiger partial charge in [-0.25, -0.2) is 0 Å². The molecular formula is C54H99NdO6. The maximum absolute atomic E-state index is 10.2. The first-order valence-electron chi connectivity index (χ1n) is 25.9. The average Bonchev–Trinajstić information content (AvgIpc) is 3.22. The normalized spacial score (nSPS) is 11.1. The van der Waals surface area contributed by atoms with Gasteiger partial charge in [0.25, 0.3) is 0 Å². The van der Waals surface area contributed by atoms with Crippen LogP contribution < -0.4 is 15.3 Å². The summed E-state index contributed by atoms with van der Waals surface area (Å²) in [4.78, 5) is 30.6. The van der Waals surface area contributed by atoms with Crippen LogP contribution in [0.15, 0.2) is 36.5 Å². The van der Waals surface area contributed by atoms with E-state index in [9.17, 15) is 29.7 Å². The quantitative estimate of drug-likeness (QED) is 0.0443. The minimum absolute atomic E-state index is 0. The van der Waals surface area contributed by atoms with Crippen LogP contribution in [0.2, 0.25) is 0 Å². The van der Waals surface area contributed by atoms with Gasteiger partial charge in [0.15, 0.2) is 0 Å². The van der Waals surface area contributed by atoms with Crippen LogP contribution in [0.3, 0.4) is 0 Å². The van der Waals surface area contributed by atoms with Gasteiger partial charge in [-0.1, -0.05) is 211 Å². The monoisotopic (exact) mass is 986 g/mol. The minimum atomic E-state index is -0.911. The summed E-state index contributed by atoms with van der Waals surface area (Å²) >= 11 is 0. The molecule has 0 saturated heterocycles. The zero-order chi connectivity index (χ0) is 44.7. The Bertz CT molecular complexity index is 827. The molecule has 6 nitrogen and oxygen atoms in total. The fourth-order valence-corrected chi connectivity index (χ4v) is 7.02. The van der Waals surface area contributed by atoms with E-state index in [4.69, 9.17) is 0 Å². The van der Waals surface area contributed by atoms with Crippen molar-refractivity contribution in [3.05, 3.63) is 36.5 Å². The predicted molar refractivity (Wildman–Crippen MR) is 253 cm³/mol. The maximum Gasteiger partial charge on any atom is 3.00 e. The zero-order valence-electron chi connectivity index (χ0n) is 40.6. The van der Waals surface area contributed by atoms with Gasteiger partial charge in [-0.05, 0) is 116 Å². The van der Waals surface area contributed by atoms with Gasteiger partial charge in [-0.3, -0.25) is 0 Å². The number of hydrogen-bond donors (Lipinski definition) is 0. The van der Waals surface area contributed by atoms with Crippen LogP contribution in [0, 0.1) is 40.8 Å². The second-order valence-corrected chi connectivity index (χ2v) is 17.1. The standard InChI is InChI=1S/3C18H34O2.Nd/c3*1-2-3-4-5-6-7-8-9-10-11-12-13-14-15-16-17-18(19)20;/h3*7-8H,2-6,9-17H2,1H3,(H,19,20);/q;;;+3/p-3/b3*8-7-;. The number of allylic oxidation sites excluding steroid dienone is 6. The van der Waals surface area contributed by atoms with E-state index in [0.717, 1.165) is 38.5 Å². The number of carbonyl (C=O) groups excluding carboxylic acids is 3. The summed E-state index contributed by atoms with van der Waals surface area (Å²) in [5, 5.41) is 30.6. The summed E-state index contributed by atoms with van der Waals surface area (Å²) < 4.78 is 0. The van der Waals surface area contributed by atoms with Crippen molar-refractivity contribution in [1.29, 1.82) is 0 Å². The summed E-state index contributed by atoms with van der Waals surface area (Å²) in [6.45, 7) is 6.75. The largest absolute Gasteiger partial charge is 3.00 e. The van der Waals surface area contributed by atoms with E-state index >= 15 is 0 Å². The molecule has 0 aromatic carbocycles. The van der Waals surface area contributed by atoms with Crippen molar-refractivity contribution in [2.24, 2.45) is 0 Å². The van der Waals surface area contributed by atoms with E-state index < -0.39 is 17.9 Å². The van der Waals surface area contributed by atoms with Crippen molar-refractivity contribution >= 4 is 17.9 Å². The predicted octanol–water partition coefficient (Wildman–Crippen LogP) is 14.3. The molecule has 0 spiro atoms. The molecule has 0 amide bonds. The molecule has 0 atom stereocenters. The summed E-state index contributed by atoms with van der Waals surface area (Å²) in [5.41, 5.74) is 0. The molecule has 0 N–H and O–H groups in total. The van der Waals surface area contributed by atoms with E-state index in [1.165, 1.54) is 212 Å². The summed E-state index contributed by atoms with van der Waals surface area (Å²) in [7, 11) is 0. The van der Waals surface area contributed by atoms with Gasteiger partial charge in [0.2, 0.25) is 0 Å². The molecule has 1 radical (unpaired) electrons. The van der Waals surface area contributed by atoms with Gasteiger partial charge in [0.1, 0.15) is 0 Å². The first-order chi connectivity index (χ1) is 29.3. The first kappa shape index (κ1) is 66.6. The van der Waals surface area contributed by atoms with Crippen LogP contribution in [-0.4, -0.2) is 17.9 Å². The van der Waals surface area contributed by atoms with E-state index in [1.54, 1.807) is 0 Å². The third-order valence-corrected chi connectivity index (χ3v) is 10.9. The summed E-state index contributed by atoms with van der Waals surface area (Å²) in [5.74, 6) is -2.73. The maximum atomic E-state index is 10.2. The van der Waals surface area contributed by atoms with Crippen molar-refractivity contribution in [1.82, 2.24) is 0 Å². The molecule has 61 heavy (non-hydrogen) atoms. The zero-order valence-corrected chi connectivity index (χ0v) is 43.8. The molecule has 0 fully saturated rings. The van der Waals surface area contributed by atoms with Crippen LogP contribution in [0.4, 0.5) is 0 Å². The van der Waals surface area contributed by atoms with Crippen molar-refractivity contribution in [3.63, 3.8) is 0 Å². The number of unbranched alkanes of at least 4 members (excludes halogenated alkanes) is 33. The SMILES string of the molecule is CCCCCC/C=C\CCCCCCCCCC(=O)[O-].CCCCCC/C=C\CCCCCCCCCC(=O)[O-].CCCCCC/C=C\CCCCCCCCCC(=O)[O-].[Nd+3]. The molecule has 0 saturated carbocycles. The van der Waals surface area contributed by atoms with Crippen molar-refractivity contribution in [2.75, 3.05) is 0 Å². The molecule has 0 heterocycles. The Balaban J connectivity index is -0.000000396. The second-order valence-electron chi connectivity index (χ2n) is 17.1.